The van der Waals surface area contributed by atoms with E-state index < -0.39 is 5.69 Å². The van der Waals surface area contributed by atoms with Crippen LogP contribution in [0, 0.1) is 0 Å². The largest absolute Gasteiger partial charge is 0.352 e. The van der Waals surface area contributed by atoms with Crippen LogP contribution in [0.3, 0.4) is 0 Å². The fourth-order valence-electron chi connectivity index (χ4n) is 4.01. The van der Waals surface area contributed by atoms with E-state index in [1.807, 2.05) is 13.0 Å². The van der Waals surface area contributed by atoms with Crippen LogP contribution in [0.1, 0.15) is 45.4 Å². The lowest BCUT2D eigenvalue weighted by Crippen LogP contribution is -2.44. The Morgan fingerprint density at radius 2 is 2.04 bits per heavy atom. The highest BCUT2D eigenvalue weighted by Crippen LogP contribution is 2.29. The Morgan fingerprint density at radius 3 is 2.79 bits per heavy atom. The molecule has 3 heterocycles. The zero-order chi connectivity index (χ0) is 19.7. The van der Waals surface area contributed by atoms with Gasteiger partial charge in [0.2, 0.25) is 5.91 Å². The minimum absolute atomic E-state index is 0.0868. The second-order valence-electron chi connectivity index (χ2n) is 7.36. The van der Waals surface area contributed by atoms with Gasteiger partial charge in [-0.3, -0.25) is 18.7 Å². The second-order valence-corrected chi connectivity index (χ2v) is 8.36. The Hall–Kier alpha value is -2.48. The van der Waals surface area contributed by atoms with Crippen molar-refractivity contribution < 1.29 is 4.79 Å². The Labute approximate surface area is 166 Å². The molecule has 8 heteroatoms. The fourth-order valence-corrected chi connectivity index (χ4v) is 5.11. The van der Waals surface area contributed by atoms with Gasteiger partial charge in [0.15, 0.2) is 0 Å². The number of amides is 1. The summed E-state index contributed by atoms with van der Waals surface area (Å²) >= 11 is 1.28. The molecule has 1 fully saturated rings. The molecule has 0 radical (unpaired) electrons. The average Bonchev–Trinajstić information content (AvgIpc) is 3.09. The van der Waals surface area contributed by atoms with Gasteiger partial charge in [-0.2, -0.15) is 0 Å². The van der Waals surface area contributed by atoms with E-state index in [1.54, 1.807) is 12.3 Å². The van der Waals surface area contributed by atoms with E-state index in [0.717, 1.165) is 31.1 Å². The second kappa shape index (κ2) is 7.87. The minimum atomic E-state index is -0.429. The predicted molar refractivity (Wildman–Crippen MR) is 111 cm³/mol. The van der Waals surface area contributed by atoms with Crippen LogP contribution in [0.4, 0.5) is 0 Å². The van der Waals surface area contributed by atoms with Gasteiger partial charge in [-0.25, -0.2) is 9.78 Å². The van der Waals surface area contributed by atoms with Crippen molar-refractivity contribution >= 4 is 37.7 Å². The van der Waals surface area contributed by atoms with E-state index >= 15 is 0 Å². The average molecular weight is 401 g/mol. The number of fused-ring (bicyclic) bond motifs is 3. The molecule has 0 unspecified atom stereocenters. The molecule has 1 amide bonds. The van der Waals surface area contributed by atoms with Gasteiger partial charge in [0.05, 0.1) is 5.52 Å². The number of pyridine rings is 1. The smallest absolute Gasteiger partial charge is 0.332 e. The Bertz CT molecular complexity index is 1140. The molecule has 0 aliphatic heterocycles. The molecule has 3 aromatic rings. The van der Waals surface area contributed by atoms with Crippen LogP contribution in [0.5, 0.6) is 0 Å². The molecular weight excluding hydrogens is 376 g/mol. The quantitative estimate of drug-likeness (QED) is 0.713. The lowest BCUT2D eigenvalue weighted by molar-refractivity contribution is -0.122. The van der Waals surface area contributed by atoms with Gasteiger partial charge in [-0.05, 0) is 31.4 Å². The number of hydrogen-bond acceptors (Lipinski definition) is 5. The van der Waals surface area contributed by atoms with Crippen LogP contribution < -0.4 is 16.6 Å². The zero-order valence-corrected chi connectivity index (χ0v) is 16.8. The van der Waals surface area contributed by atoms with E-state index in [2.05, 4.69) is 10.3 Å². The highest BCUT2D eigenvalue weighted by atomic mass is 32.1. The summed E-state index contributed by atoms with van der Waals surface area (Å²) in [6.45, 7) is 2.17. The maximum atomic E-state index is 13.1. The van der Waals surface area contributed by atoms with Crippen LogP contribution in [-0.2, 0) is 17.9 Å². The number of aromatic nitrogens is 3. The first-order chi connectivity index (χ1) is 13.6. The molecule has 1 saturated carbocycles. The van der Waals surface area contributed by atoms with Gasteiger partial charge in [-0.1, -0.05) is 26.2 Å². The third-order valence-corrected chi connectivity index (χ3v) is 6.42. The first-order valence-corrected chi connectivity index (χ1v) is 10.7. The summed E-state index contributed by atoms with van der Waals surface area (Å²) in [6.07, 6.45) is 7.75. The number of carbonyl (C=O) groups is 1. The standard InChI is InChI=1S/C20H24N4O3S/c1-2-11-23-19(26)17-16(14-9-6-10-21-18(14)28-17)24(20(23)27)12-15(25)22-13-7-4-3-5-8-13/h6,9-10,13H,2-5,7-8,11-12H2,1H3,(H,22,25). The number of thiophene rings is 1. The lowest BCUT2D eigenvalue weighted by atomic mass is 9.95. The zero-order valence-electron chi connectivity index (χ0n) is 15.9. The molecule has 1 N–H and O–H groups in total. The normalized spacial score (nSPS) is 15.3. The molecule has 0 bridgehead atoms. The summed E-state index contributed by atoms with van der Waals surface area (Å²) in [5, 5.41) is 3.81. The van der Waals surface area contributed by atoms with Gasteiger partial charge in [0, 0.05) is 24.2 Å². The fraction of sp³-hybridized carbons (Fsp3) is 0.500. The van der Waals surface area contributed by atoms with E-state index in [4.69, 9.17) is 0 Å². The maximum absolute atomic E-state index is 13.1. The van der Waals surface area contributed by atoms with Gasteiger partial charge in [0.25, 0.3) is 5.56 Å². The summed E-state index contributed by atoms with van der Waals surface area (Å²) in [5.41, 5.74) is -0.204. The summed E-state index contributed by atoms with van der Waals surface area (Å²) < 4.78 is 3.17. The molecule has 0 atom stereocenters. The van der Waals surface area contributed by atoms with Crippen LogP contribution in [-0.4, -0.2) is 26.1 Å². The van der Waals surface area contributed by atoms with Gasteiger partial charge >= 0.3 is 5.69 Å². The van der Waals surface area contributed by atoms with E-state index in [-0.39, 0.29) is 24.1 Å². The van der Waals surface area contributed by atoms with Crippen molar-refractivity contribution in [1.82, 2.24) is 19.4 Å². The number of rotatable bonds is 5. The van der Waals surface area contributed by atoms with Crippen molar-refractivity contribution in [3.05, 3.63) is 39.2 Å². The van der Waals surface area contributed by atoms with Crippen molar-refractivity contribution in [3.8, 4) is 0 Å². The van der Waals surface area contributed by atoms with Crippen molar-refractivity contribution in [3.63, 3.8) is 0 Å². The third kappa shape index (κ3) is 3.37. The van der Waals surface area contributed by atoms with Crippen LogP contribution in [0.15, 0.2) is 27.9 Å². The molecule has 0 aromatic carbocycles. The molecule has 148 valence electrons. The number of nitrogens with one attached hydrogen (secondary N) is 1. The predicted octanol–water partition coefficient (Wildman–Crippen LogP) is 2.63. The number of carbonyl (C=O) groups excluding carboxylic acids is 1. The summed E-state index contributed by atoms with van der Waals surface area (Å²) in [5.74, 6) is -0.180. The van der Waals surface area contributed by atoms with Gasteiger partial charge in [0.1, 0.15) is 16.1 Å². The third-order valence-electron chi connectivity index (χ3n) is 5.33. The summed E-state index contributed by atoms with van der Waals surface area (Å²) in [4.78, 5) is 43.7. The molecule has 0 spiro atoms. The summed E-state index contributed by atoms with van der Waals surface area (Å²) in [6, 6.07) is 3.80. The van der Waals surface area contributed by atoms with E-state index in [0.29, 0.717) is 28.0 Å². The van der Waals surface area contributed by atoms with Crippen LogP contribution >= 0.6 is 11.3 Å². The first kappa shape index (κ1) is 18.9. The van der Waals surface area contributed by atoms with Crippen molar-refractivity contribution in [2.24, 2.45) is 0 Å². The summed E-state index contributed by atoms with van der Waals surface area (Å²) in [7, 11) is 0. The lowest BCUT2D eigenvalue weighted by Gasteiger charge is -2.23. The Balaban J connectivity index is 1.82. The Kier molecular flexibility index (Phi) is 5.30. The molecule has 1 aliphatic carbocycles. The highest BCUT2D eigenvalue weighted by molar-refractivity contribution is 7.25. The molecular formula is C20H24N4O3S. The topological polar surface area (TPSA) is 86.0 Å². The number of nitrogens with zero attached hydrogens (tertiary/aromatic N) is 3. The first-order valence-electron chi connectivity index (χ1n) is 9.90. The van der Waals surface area contributed by atoms with Crippen molar-refractivity contribution in [2.75, 3.05) is 0 Å². The molecule has 3 aromatic heterocycles. The molecule has 1 aliphatic rings. The van der Waals surface area contributed by atoms with Crippen LogP contribution in [0.2, 0.25) is 0 Å². The molecule has 7 nitrogen and oxygen atoms in total. The Morgan fingerprint density at radius 1 is 1.25 bits per heavy atom. The monoisotopic (exact) mass is 400 g/mol. The highest BCUT2D eigenvalue weighted by Gasteiger charge is 2.21. The van der Waals surface area contributed by atoms with Crippen molar-refractivity contribution in [1.29, 1.82) is 0 Å². The van der Waals surface area contributed by atoms with Crippen molar-refractivity contribution in [2.45, 2.75) is 64.6 Å². The van der Waals surface area contributed by atoms with Crippen LogP contribution in [0.25, 0.3) is 20.4 Å². The van der Waals surface area contributed by atoms with Gasteiger partial charge in [-0.15, -0.1) is 11.3 Å². The minimum Gasteiger partial charge on any atom is -0.352 e. The molecule has 28 heavy (non-hydrogen) atoms. The maximum Gasteiger partial charge on any atom is 0.332 e. The van der Waals surface area contributed by atoms with E-state index in [1.165, 1.54) is 26.9 Å². The number of hydrogen-bond donors (Lipinski definition) is 1. The van der Waals surface area contributed by atoms with Gasteiger partial charge < -0.3 is 5.32 Å². The SMILES string of the molecule is CCCn1c(=O)c2sc3ncccc3c2n(CC(=O)NC2CCCCC2)c1=O. The molecule has 0 saturated heterocycles. The van der Waals surface area contributed by atoms with E-state index in [9.17, 15) is 14.4 Å². The molecule has 4 rings (SSSR count).